The molecule has 1 unspecified atom stereocenters. The normalized spacial score (nSPS) is 12.0. The molecule has 0 aliphatic heterocycles. The van der Waals surface area contributed by atoms with Crippen LogP contribution in [0.4, 0.5) is 13.2 Å². The molecular weight excluding hydrogens is 323 g/mol. The number of phenols is 1. The number of amides is 1. The molecule has 0 aromatic heterocycles. The fourth-order valence-electron chi connectivity index (χ4n) is 2.46. The smallest absolute Gasteiger partial charge is 0.257 e. The van der Waals surface area contributed by atoms with Gasteiger partial charge in [0.05, 0.1) is 11.6 Å². The van der Waals surface area contributed by atoms with Crippen LogP contribution in [0.25, 0.3) is 0 Å². The van der Waals surface area contributed by atoms with Gasteiger partial charge in [-0.2, -0.15) is 4.39 Å². The maximum absolute atomic E-state index is 14.0. The first-order chi connectivity index (χ1) is 11.4. The van der Waals surface area contributed by atoms with Crippen molar-refractivity contribution in [3.63, 3.8) is 0 Å². The van der Waals surface area contributed by atoms with Crippen molar-refractivity contribution in [2.24, 2.45) is 0 Å². The van der Waals surface area contributed by atoms with E-state index in [0.717, 1.165) is 4.90 Å². The Morgan fingerprint density at radius 2 is 1.79 bits per heavy atom. The van der Waals surface area contributed by atoms with Gasteiger partial charge in [0.1, 0.15) is 0 Å². The fourth-order valence-corrected chi connectivity index (χ4v) is 2.46. The predicted octanol–water partition coefficient (Wildman–Crippen LogP) is 3.01. The lowest BCUT2D eigenvalue weighted by molar-refractivity contribution is 0.0698. The quantitative estimate of drug-likeness (QED) is 0.823. The van der Waals surface area contributed by atoms with E-state index < -0.39 is 40.7 Å². The van der Waals surface area contributed by atoms with Gasteiger partial charge in [0.2, 0.25) is 5.82 Å². The fraction of sp³-hybridized carbons (Fsp3) is 0.235. The number of hydrogen-bond donors (Lipinski definition) is 2. The van der Waals surface area contributed by atoms with Crippen LogP contribution in [0.1, 0.15) is 28.4 Å². The zero-order chi connectivity index (χ0) is 17.9. The Labute approximate surface area is 136 Å². The Bertz CT molecular complexity index is 738. The molecule has 7 heteroatoms. The highest BCUT2D eigenvalue weighted by Crippen LogP contribution is 2.29. The third kappa shape index (κ3) is 3.35. The van der Waals surface area contributed by atoms with Crippen molar-refractivity contribution in [3.05, 3.63) is 65.0 Å². The lowest BCUT2D eigenvalue weighted by atomic mass is 10.0. The Balaban J connectivity index is 2.41. The van der Waals surface area contributed by atoms with Crippen LogP contribution in [-0.2, 0) is 0 Å². The van der Waals surface area contributed by atoms with E-state index in [1.807, 2.05) is 0 Å². The van der Waals surface area contributed by atoms with E-state index in [9.17, 15) is 28.2 Å². The predicted molar refractivity (Wildman–Crippen MR) is 81.0 cm³/mol. The van der Waals surface area contributed by atoms with Gasteiger partial charge in [-0.1, -0.05) is 30.3 Å². The summed E-state index contributed by atoms with van der Waals surface area (Å²) < 4.78 is 40.5. The third-order valence-electron chi connectivity index (χ3n) is 3.74. The first-order valence-corrected chi connectivity index (χ1v) is 7.17. The Morgan fingerprint density at radius 1 is 1.17 bits per heavy atom. The van der Waals surface area contributed by atoms with Crippen molar-refractivity contribution in [1.82, 2.24) is 4.90 Å². The first-order valence-electron chi connectivity index (χ1n) is 7.17. The monoisotopic (exact) mass is 339 g/mol. The van der Waals surface area contributed by atoms with Crippen LogP contribution in [0.2, 0.25) is 0 Å². The Morgan fingerprint density at radius 3 is 2.38 bits per heavy atom. The van der Waals surface area contributed by atoms with Gasteiger partial charge in [0.15, 0.2) is 17.4 Å². The number of carbonyl (C=O) groups excluding carboxylic acids is 1. The van der Waals surface area contributed by atoms with Gasteiger partial charge < -0.3 is 15.1 Å². The zero-order valence-electron chi connectivity index (χ0n) is 12.8. The molecule has 2 aromatic carbocycles. The number of halogens is 3. The van der Waals surface area contributed by atoms with Crippen LogP contribution in [0.3, 0.4) is 0 Å². The van der Waals surface area contributed by atoms with E-state index in [0.29, 0.717) is 11.6 Å². The van der Waals surface area contributed by atoms with E-state index in [1.165, 1.54) is 7.05 Å². The van der Waals surface area contributed by atoms with Gasteiger partial charge in [-0.3, -0.25) is 4.79 Å². The van der Waals surface area contributed by atoms with E-state index in [4.69, 9.17) is 0 Å². The van der Waals surface area contributed by atoms with E-state index in [1.54, 1.807) is 30.3 Å². The third-order valence-corrected chi connectivity index (χ3v) is 3.74. The number of phenolic OH excluding ortho intramolecular Hbond substituents is 1. The molecule has 0 bridgehead atoms. The minimum absolute atomic E-state index is 0.170. The lowest BCUT2D eigenvalue weighted by Gasteiger charge is -2.28. The number of aromatic hydroxyl groups is 1. The van der Waals surface area contributed by atoms with Crippen molar-refractivity contribution in [2.45, 2.75) is 12.5 Å². The van der Waals surface area contributed by atoms with Gasteiger partial charge in [-0.25, -0.2) is 8.78 Å². The lowest BCUT2D eigenvalue weighted by Crippen LogP contribution is -2.32. The highest BCUT2D eigenvalue weighted by atomic mass is 19.2. The number of hydrogen-bond acceptors (Lipinski definition) is 3. The molecule has 0 aliphatic carbocycles. The molecular formula is C17H16F3NO3. The molecule has 0 aliphatic rings. The molecule has 4 nitrogen and oxygen atoms in total. The zero-order valence-corrected chi connectivity index (χ0v) is 12.8. The molecule has 0 saturated heterocycles. The molecule has 0 saturated carbocycles. The molecule has 2 rings (SSSR count). The largest absolute Gasteiger partial charge is 0.503 e. The van der Waals surface area contributed by atoms with Crippen molar-refractivity contribution in [3.8, 4) is 5.75 Å². The number of aliphatic hydroxyl groups excluding tert-OH is 1. The first kappa shape index (κ1) is 17.8. The molecule has 1 atom stereocenters. The standard InChI is InChI=1S/C17H16F3NO3/c1-21(13(7-8-22)10-5-3-2-4-6-10)17(24)11-9-12(18)15(20)16(23)14(11)19/h2-6,9,13,22-23H,7-8H2,1H3. The molecule has 0 radical (unpaired) electrons. The second kappa shape index (κ2) is 7.35. The minimum atomic E-state index is -1.75. The highest BCUT2D eigenvalue weighted by Gasteiger charge is 2.28. The van der Waals surface area contributed by atoms with Gasteiger partial charge in [-0.15, -0.1) is 0 Å². The summed E-state index contributed by atoms with van der Waals surface area (Å²) in [5.74, 6) is -7.28. The van der Waals surface area contributed by atoms with Crippen molar-refractivity contribution >= 4 is 5.91 Å². The minimum Gasteiger partial charge on any atom is -0.503 e. The summed E-state index contributed by atoms with van der Waals surface area (Å²) in [5, 5.41) is 18.5. The summed E-state index contributed by atoms with van der Waals surface area (Å²) in [6.07, 6.45) is 0.170. The second-order valence-corrected chi connectivity index (χ2v) is 5.24. The van der Waals surface area contributed by atoms with Crippen LogP contribution in [0.5, 0.6) is 5.75 Å². The number of benzene rings is 2. The second-order valence-electron chi connectivity index (χ2n) is 5.24. The van der Waals surface area contributed by atoms with Crippen LogP contribution < -0.4 is 0 Å². The summed E-state index contributed by atoms with van der Waals surface area (Å²) >= 11 is 0. The number of carbonyl (C=O) groups is 1. The highest BCUT2D eigenvalue weighted by molar-refractivity contribution is 5.95. The van der Waals surface area contributed by atoms with Crippen molar-refractivity contribution in [2.75, 3.05) is 13.7 Å². The summed E-state index contributed by atoms with van der Waals surface area (Å²) in [4.78, 5) is 13.6. The van der Waals surface area contributed by atoms with E-state index in [-0.39, 0.29) is 13.0 Å². The molecule has 2 N–H and O–H groups in total. The molecule has 0 heterocycles. The summed E-state index contributed by atoms with van der Waals surface area (Å²) in [6.45, 7) is -0.233. The average molecular weight is 339 g/mol. The van der Waals surface area contributed by atoms with E-state index >= 15 is 0 Å². The average Bonchev–Trinajstić information content (AvgIpc) is 2.60. The number of aliphatic hydroxyl groups is 1. The van der Waals surface area contributed by atoms with Crippen molar-refractivity contribution < 1.29 is 28.2 Å². The summed E-state index contributed by atoms with van der Waals surface area (Å²) in [5.41, 5.74) is -0.0950. The van der Waals surface area contributed by atoms with Gasteiger partial charge >= 0.3 is 0 Å². The molecule has 0 fully saturated rings. The molecule has 24 heavy (non-hydrogen) atoms. The molecule has 128 valence electrons. The van der Waals surface area contributed by atoms with Crippen LogP contribution in [0.15, 0.2) is 36.4 Å². The van der Waals surface area contributed by atoms with Gasteiger partial charge in [-0.05, 0) is 18.1 Å². The SMILES string of the molecule is CN(C(=O)c1cc(F)c(F)c(O)c1F)C(CCO)c1ccccc1. The summed E-state index contributed by atoms with van der Waals surface area (Å²) in [7, 11) is 1.35. The Kier molecular flexibility index (Phi) is 5.46. The van der Waals surface area contributed by atoms with Crippen LogP contribution >= 0.6 is 0 Å². The Hall–Kier alpha value is -2.54. The van der Waals surface area contributed by atoms with Crippen LogP contribution in [0, 0.1) is 17.5 Å². The number of nitrogens with zero attached hydrogens (tertiary/aromatic N) is 1. The topological polar surface area (TPSA) is 60.8 Å². The van der Waals surface area contributed by atoms with Gasteiger partial charge in [0, 0.05) is 13.7 Å². The summed E-state index contributed by atoms with van der Waals surface area (Å²) in [6, 6.07) is 8.51. The maximum Gasteiger partial charge on any atom is 0.257 e. The van der Waals surface area contributed by atoms with Crippen molar-refractivity contribution in [1.29, 1.82) is 0 Å². The van der Waals surface area contributed by atoms with Gasteiger partial charge in [0.25, 0.3) is 5.91 Å². The molecule has 0 spiro atoms. The molecule has 1 amide bonds. The molecule has 2 aromatic rings. The number of rotatable bonds is 5. The van der Waals surface area contributed by atoms with E-state index in [2.05, 4.69) is 0 Å². The van der Waals surface area contributed by atoms with Crippen LogP contribution in [-0.4, -0.2) is 34.7 Å². The maximum atomic E-state index is 14.0.